The molecule has 2 N–H and O–H groups in total. The molecule has 0 aromatic carbocycles. The Morgan fingerprint density at radius 2 is 1.80 bits per heavy atom. The van der Waals surface area contributed by atoms with Gasteiger partial charge < -0.3 is 33.9 Å². The van der Waals surface area contributed by atoms with E-state index in [2.05, 4.69) is 0 Å². The molecule has 0 unspecified atom stereocenters. The Morgan fingerprint density at radius 1 is 1.10 bits per heavy atom. The van der Waals surface area contributed by atoms with Gasteiger partial charge in [0.1, 0.15) is 18.3 Å². The Labute approximate surface area is 117 Å². The molecule has 0 spiro atoms. The molecular weight excluding hydrogens is 268 g/mol. The van der Waals surface area contributed by atoms with E-state index in [1.165, 1.54) is 0 Å². The van der Waals surface area contributed by atoms with Gasteiger partial charge in [0.05, 0.1) is 13.2 Å². The number of fused-ring (bicyclic) bond motifs is 1. The zero-order valence-corrected chi connectivity index (χ0v) is 12.2. The predicted molar refractivity (Wildman–Crippen MR) is 65.6 cm³/mol. The lowest BCUT2D eigenvalue weighted by Crippen LogP contribution is -2.51. The summed E-state index contributed by atoms with van der Waals surface area (Å²) in [5.41, 5.74) is -1.27. The molecule has 0 aromatic rings. The van der Waals surface area contributed by atoms with E-state index in [1.54, 1.807) is 13.8 Å². The van der Waals surface area contributed by atoms with Crippen LogP contribution in [0, 0.1) is 0 Å². The maximum absolute atomic E-state index is 10.2. The summed E-state index contributed by atoms with van der Waals surface area (Å²) in [6.07, 6.45) is -2.81. The van der Waals surface area contributed by atoms with Crippen LogP contribution >= 0.6 is 0 Å². The molecule has 3 fully saturated rings. The molecular formula is C13H22O7. The van der Waals surface area contributed by atoms with Gasteiger partial charge in [-0.05, 0) is 27.7 Å². The highest BCUT2D eigenvalue weighted by Crippen LogP contribution is 2.48. The highest BCUT2D eigenvalue weighted by Gasteiger charge is 2.68. The van der Waals surface area contributed by atoms with Crippen LogP contribution in [0.2, 0.25) is 0 Å². The van der Waals surface area contributed by atoms with Crippen molar-refractivity contribution in [2.75, 3.05) is 13.2 Å². The second-order valence-electron chi connectivity index (χ2n) is 6.47. The van der Waals surface area contributed by atoms with Gasteiger partial charge >= 0.3 is 0 Å². The van der Waals surface area contributed by atoms with Crippen molar-refractivity contribution < 1.29 is 33.9 Å². The molecule has 116 valence electrons. The molecule has 0 aliphatic carbocycles. The standard InChI is InChI=1S/C13H22O7/c1-11(2)16-5-7(18-11)8-9-13(6-14,10(15)17-8)20-12(3,4)19-9/h7-10,14-15H,5-6H2,1-4H3/t7-,8+,9-,10+,13-/m1/s1. The van der Waals surface area contributed by atoms with Crippen LogP contribution in [0.1, 0.15) is 27.7 Å². The predicted octanol–water partition coefficient (Wildman–Crippen LogP) is -0.262. The van der Waals surface area contributed by atoms with E-state index in [1.807, 2.05) is 13.8 Å². The number of hydrogen-bond acceptors (Lipinski definition) is 7. The number of rotatable bonds is 2. The summed E-state index contributed by atoms with van der Waals surface area (Å²) in [6.45, 7) is 7.05. The summed E-state index contributed by atoms with van der Waals surface area (Å²) in [5.74, 6) is -1.59. The van der Waals surface area contributed by atoms with E-state index in [0.29, 0.717) is 6.61 Å². The topological polar surface area (TPSA) is 86.6 Å². The Kier molecular flexibility index (Phi) is 3.19. The third kappa shape index (κ3) is 2.09. The molecule has 5 atom stereocenters. The van der Waals surface area contributed by atoms with E-state index in [4.69, 9.17) is 23.7 Å². The fraction of sp³-hybridized carbons (Fsp3) is 1.00. The monoisotopic (exact) mass is 290 g/mol. The maximum atomic E-state index is 10.2. The molecule has 0 amide bonds. The normalized spacial score (nSPS) is 49.5. The van der Waals surface area contributed by atoms with Crippen molar-refractivity contribution in [1.29, 1.82) is 0 Å². The summed E-state index contributed by atoms with van der Waals surface area (Å²) < 4.78 is 28.4. The van der Waals surface area contributed by atoms with Crippen LogP contribution in [0.3, 0.4) is 0 Å². The lowest BCUT2D eigenvalue weighted by atomic mass is 9.94. The van der Waals surface area contributed by atoms with Gasteiger partial charge in [0.2, 0.25) is 0 Å². The van der Waals surface area contributed by atoms with E-state index < -0.39 is 42.3 Å². The average Bonchev–Trinajstić information content (AvgIpc) is 2.90. The van der Waals surface area contributed by atoms with Crippen molar-refractivity contribution in [2.45, 2.75) is 69.5 Å². The van der Waals surface area contributed by atoms with Crippen molar-refractivity contribution >= 4 is 0 Å². The fourth-order valence-corrected chi connectivity index (χ4v) is 3.18. The summed E-state index contributed by atoms with van der Waals surface area (Å²) >= 11 is 0. The summed E-state index contributed by atoms with van der Waals surface area (Å²) in [4.78, 5) is 0. The molecule has 0 bridgehead atoms. The van der Waals surface area contributed by atoms with Crippen LogP contribution in [0.5, 0.6) is 0 Å². The van der Waals surface area contributed by atoms with E-state index in [9.17, 15) is 10.2 Å². The smallest absolute Gasteiger partial charge is 0.189 e. The van der Waals surface area contributed by atoms with Crippen LogP contribution < -0.4 is 0 Å². The van der Waals surface area contributed by atoms with E-state index >= 15 is 0 Å². The molecule has 3 aliphatic rings. The van der Waals surface area contributed by atoms with Crippen molar-refractivity contribution in [2.24, 2.45) is 0 Å². The molecule has 3 aliphatic heterocycles. The average molecular weight is 290 g/mol. The van der Waals surface area contributed by atoms with Crippen LogP contribution in [0.4, 0.5) is 0 Å². The number of ether oxygens (including phenoxy) is 5. The van der Waals surface area contributed by atoms with Gasteiger partial charge in [-0.1, -0.05) is 0 Å². The Balaban J connectivity index is 1.85. The van der Waals surface area contributed by atoms with Crippen molar-refractivity contribution in [3.05, 3.63) is 0 Å². The first-order valence-electron chi connectivity index (χ1n) is 6.83. The first-order chi connectivity index (χ1) is 9.19. The first-order valence-corrected chi connectivity index (χ1v) is 6.83. The van der Waals surface area contributed by atoms with Gasteiger partial charge in [0.15, 0.2) is 23.5 Å². The van der Waals surface area contributed by atoms with Gasteiger partial charge in [0, 0.05) is 0 Å². The Hall–Kier alpha value is -0.280. The Bertz CT molecular complexity index is 396. The van der Waals surface area contributed by atoms with Crippen molar-refractivity contribution in [3.8, 4) is 0 Å². The summed E-state index contributed by atoms with van der Waals surface area (Å²) in [5, 5.41) is 19.8. The molecule has 0 radical (unpaired) electrons. The minimum Gasteiger partial charge on any atom is -0.393 e. The summed E-state index contributed by atoms with van der Waals surface area (Å²) in [7, 11) is 0. The molecule has 7 nitrogen and oxygen atoms in total. The minimum absolute atomic E-state index is 0.339. The maximum Gasteiger partial charge on any atom is 0.189 e. The van der Waals surface area contributed by atoms with Gasteiger partial charge in [0.25, 0.3) is 0 Å². The zero-order chi connectivity index (χ0) is 14.8. The molecule has 0 saturated carbocycles. The van der Waals surface area contributed by atoms with Crippen LogP contribution in [0.15, 0.2) is 0 Å². The number of aliphatic hydroxyl groups excluding tert-OH is 2. The molecule has 3 rings (SSSR count). The SMILES string of the molecule is CC1(C)OC[C@H]([C@@H]2O[C@H](O)[C@]3(CO)OC(C)(C)O[C@H]23)O1. The third-order valence-electron chi connectivity index (χ3n) is 3.97. The lowest BCUT2D eigenvalue weighted by Gasteiger charge is -2.27. The van der Waals surface area contributed by atoms with Crippen LogP contribution in [-0.4, -0.2) is 65.2 Å². The molecule has 7 heteroatoms. The fourth-order valence-electron chi connectivity index (χ4n) is 3.18. The molecule has 20 heavy (non-hydrogen) atoms. The number of aliphatic hydroxyl groups is 2. The van der Waals surface area contributed by atoms with Gasteiger partial charge in [-0.3, -0.25) is 0 Å². The largest absolute Gasteiger partial charge is 0.393 e. The van der Waals surface area contributed by atoms with Crippen molar-refractivity contribution in [1.82, 2.24) is 0 Å². The van der Waals surface area contributed by atoms with Gasteiger partial charge in [-0.2, -0.15) is 0 Å². The lowest BCUT2D eigenvalue weighted by molar-refractivity contribution is -0.261. The quantitative estimate of drug-likeness (QED) is 0.724. The van der Waals surface area contributed by atoms with Gasteiger partial charge in [-0.15, -0.1) is 0 Å². The second kappa shape index (κ2) is 4.36. The highest BCUT2D eigenvalue weighted by atomic mass is 16.8. The third-order valence-corrected chi connectivity index (χ3v) is 3.97. The Morgan fingerprint density at radius 3 is 2.35 bits per heavy atom. The first kappa shape index (κ1) is 14.6. The van der Waals surface area contributed by atoms with Gasteiger partial charge in [-0.25, -0.2) is 0 Å². The molecule has 0 aromatic heterocycles. The highest BCUT2D eigenvalue weighted by molar-refractivity contribution is 5.09. The second-order valence-corrected chi connectivity index (χ2v) is 6.47. The van der Waals surface area contributed by atoms with E-state index in [0.717, 1.165) is 0 Å². The van der Waals surface area contributed by atoms with Crippen LogP contribution in [0.25, 0.3) is 0 Å². The minimum atomic E-state index is -1.27. The zero-order valence-electron chi connectivity index (χ0n) is 12.2. The van der Waals surface area contributed by atoms with E-state index in [-0.39, 0.29) is 6.10 Å². The summed E-state index contributed by atoms with van der Waals surface area (Å²) in [6, 6.07) is 0. The molecule has 3 saturated heterocycles. The molecule has 3 heterocycles. The van der Waals surface area contributed by atoms with Crippen LogP contribution in [-0.2, 0) is 23.7 Å². The van der Waals surface area contributed by atoms with Crippen molar-refractivity contribution in [3.63, 3.8) is 0 Å². The number of hydrogen-bond donors (Lipinski definition) is 2.